The highest BCUT2D eigenvalue weighted by atomic mass is 32.2. The van der Waals surface area contributed by atoms with Crippen molar-refractivity contribution in [3.8, 4) is 0 Å². The van der Waals surface area contributed by atoms with Crippen molar-refractivity contribution >= 4 is 17.7 Å². The largest absolute Gasteiger partial charge is 0.468 e. The lowest BCUT2D eigenvalue weighted by Gasteiger charge is -2.38. The van der Waals surface area contributed by atoms with Crippen molar-refractivity contribution < 1.29 is 9.53 Å². The minimum atomic E-state index is -0.317. The van der Waals surface area contributed by atoms with Crippen molar-refractivity contribution in [3.63, 3.8) is 0 Å². The van der Waals surface area contributed by atoms with E-state index >= 15 is 0 Å². The van der Waals surface area contributed by atoms with Crippen LogP contribution < -0.4 is 0 Å². The van der Waals surface area contributed by atoms with Gasteiger partial charge in [-0.2, -0.15) is 0 Å². The highest BCUT2D eigenvalue weighted by molar-refractivity contribution is 8.01. The summed E-state index contributed by atoms with van der Waals surface area (Å²) in [5.74, 6) is -0.0756. The first-order chi connectivity index (χ1) is 8.20. The Kier molecular flexibility index (Phi) is 3.77. The van der Waals surface area contributed by atoms with Crippen LogP contribution >= 0.6 is 11.8 Å². The minimum absolute atomic E-state index is 0.0756. The SMILES string of the molecule is CCc1ccc(SC2(C(=O)OC)CCC2)cc1. The minimum Gasteiger partial charge on any atom is -0.468 e. The Morgan fingerprint density at radius 1 is 1.35 bits per heavy atom. The molecule has 0 aliphatic heterocycles. The molecule has 92 valence electrons. The summed E-state index contributed by atoms with van der Waals surface area (Å²) in [6, 6.07) is 8.47. The van der Waals surface area contributed by atoms with Crippen LogP contribution in [0.2, 0.25) is 0 Å². The zero-order chi connectivity index (χ0) is 12.3. The van der Waals surface area contributed by atoms with Crippen LogP contribution in [-0.4, -0.2) is 17.8 Å². The monoisotopic (exact) mass is 250 g/mol. The van der Waals surface area contributed by atoms with E-state index < -0.39 is 0 Å². The molecule has 1 aromatic rings. The predicted molar refractivity (Wildman–Crippen MR) is 70.3 cm³/mol. The van der Waals surface area contributed by atoms with Crippen LogP contribution in [0, 0.1) is 0 Å². The van der Waals surface area contributed by atoms with E-state index in [-0.39, 0.29) is 10.7 Å². The average molecular weight is 250 g/mol. The van der Waals surface area contributed by atoms with Crippen molar-refractivity contribution in [2.75, 3.05) is 7.11 Å². The van der Waals surface area contributed by atoms with Crippen LogP contribution in [-0.2, 0) is 16.0 Å². The van der Waals surface area contributed by atoms with E-state index in [4.69, 9.17) is 4.74 Å². The lowest BCUT2D eigenvalue weighted by Crippen LogP contribution is -2.42. The maximum absolute atomic E-state index is 11.8. The molecule has 1 aromatic carbocycles. The maximum atomic E-state index is 11.8. The second kappa shape index (κ2) is 5.13. The second-order valence-electron chi connectivity index (χ2n) is 4.44. The van der Waals surface area contributed by atoms with Gasteiger partial charge in [-0.1, -0.05) is 19.1 Å². The Labute approximate surface area is 107 Å². The van der Waals surface area contributed by atoms with Gasteiger partial charge in [-0.05, 0) is 43.4 Å². The van der Waals surface area contributed by atoms with Crippen LogP contribution in [0.3, 0.4) is 0 Å². The molecule has 0 heterocycles. The van der Waals surface area contributed by atoms with Gasteiger partial charge in [0.2, 0.25) is 0 Å². The fraction of sp³-hybridized carbons (Fsp3) is 0.500. The zero-order valence-electron chi connectivity index (χ0n) is 10.4. The number of carbonyl (C=O) groups excluding carboxylic acids is 1. The summed E-state index contributed by atoms with van der Waals surface area (Å²) in [5.41, 5.74) is 1.33. The maximum Gasteiger partial charge on any atom is 0.322 e. The molecular formula is C14H18O2S. The van der Waals surface area contributed by atoms with Crippen LogP contribution in [0.4, 0.5) is 0 Å². The van der Waals surface area contributed by atoms with Gasteiger partial charge in [-0.3, -0.25) is 4.79 Å². The van der Waals surface area contributed by atoms with Gasteiger partial charge in [0.15, 0.2) is 0 Å². The molecule has 0 N–H and O–H groups in total. The van der Waals surface area contributed by atoms with Gasteiger partial charge in [0.1, 0.15) is 4.75 Å². The van der Waals surface area contributed by atoms with E-state index in [0.717, 1.165) is 30.6 Å². The molecule has 1 aliphatic carbocycles. The number of rotatable bonds is 4. The highest BCUT2D eigenvalue weighted by Gasteiger charge is 2.46. The number of thioether (sulfide) groups is 1. The molecule has 0 aromatic heterocycles. The number of methoxy groups -OCH3 is 1. The van der Waals surface area contributed by atoms with E-state index in [1.165, 1.54) is 12.7 Å². The molecule has 2 rings (SSSR count). The van der Waals surface area contributed by atoms with Crippen molar-refractivity contribution in [1.29, 1.82) is 0 Å². The summed E-state index contributed by atoms with van der Waals surface area (Å²) < 4.78 is 4.60. The Bertz CT molecular complexity index is 393. The first kappa shape index (κ1) is 12.5. The first-order valence-electron chi connectivity index (χ1n) is 6.06. The molecule has 0 radical (unpaired) electrons. The quantitative estimate of drug-likeness (QED) is 0.766. The third-order valence-corrected chi connectivity index (χ3v) is 4.84. The molecule has 0 unspecified atom stereocenters. The van der Waals surface area contributed by atoms with Crippen molar-refractivity contribution in [2.24, 2.45) is 0 Å². The fourth-order valence-corrected chi connectivity index (χ4v) is 3.43. The molecule has 1 fully saturated rings. The summed E-state index contributed by atoms with van der Waals surface area (Å²) in [4.78, 5) is 13.0. The third-order valence-electron chi connectivity index (χ3n) is 3.36. The summed E-state index contributed by atoms with van der Waals surface area (Å²) in [6.45, 7) is 2.14. The van der Waals surface area contributed by atoms with Gasteiger partial charge in [-0.25, -0.2) is 0 Å². The van der Waals surface area contributed by atoms with Gasteiger partial charge < -0.3 is 4.74 Å². The molecule has 0 spiro atoms. The Hall–Kier alpha value is -0.960. The van der Waals surface area contributed by atoms with Gasteiger partial charge in [0, 0.05) is 4.90 Å². The molecule has 17 heavy (non-hydrogen) atoms. The van der Waals surface area contributed by atoms with E-state index in [1.54, 1.807) is 11.8 Å². The Morgan fingerprint density at radius 2 is 2.00 bits per heavy atom. The zero-order valence-corrected chi connectivity index (χ0v) is 11.2. The van der Waals surface area contributed by atoms with Crippen molar-refractivity contribution in [3.05, 3.63) is 29.8 Å². The van der Waals surface area contributed by atoms with Crippen molar-refractivity contribution in [1.82, 2.24) is 0 Å². The average Bonchev–Trinajstić information content (AvgIpc) is 2.33. The van der Waals surface area contributed by atoms with Crippen LogP contribution in [0.25, 0.3) is 0 Å². The molecule has 1 saturated carbocycles. The number of esters is 1. The van der Waals surface area contributed by atoms with Crippen LogP contribution in [0.1, 0.15) is 31.7 Å². The Balaban J connectivity index is 2.10. The molecule has 0 atom stereocenters. The van der Waals surface area contributed by atoms with Crippen molar-refractivity contribution in [2.45, 2.75) is 42.2 Å². The van der Waals surface area contributed by atoms with E-state index in [9.17, 15) is 4.79 Å². The van der Waals surface area contributed by atoms with E-state index in [0.29, 0.717) is 0 Å². The molecule has 0 amide bonds. The summed E-state index contributed by atoms with van der Waals surface area (Å²) in [6.07, 6.45) is 4.03. The first-order valence-corrected chi connectivity index (χ1v) is 6.88. The second-order valence-corrected chi connectivity index (χ2v) is 5.90. The van der Waals surface area contributed by atoms with E-state index in [2.05, 4.69) is 31.2 Å². The normalized spacial score (nSPS) is 17.3. The van der Waals surface area contributed by atoms with E-state index in [1.807, 2.05) is 0 Å². The highest BCUT2D eigenvalue weighted by Crippen LogP contribution is 2.48. The number of aryl methyl sites for hydroxylation is 1. The van der Waals surface area contributed by atoms with Gasteiger partial charge >= 0.3 is 5.97 Å². The van der Waals surface area contributed by atoms with Gasteiger partial charge in [0.25, 0.3) is 0 Å². The Morgan fingerprint density at radius 3 is 2.41 bits per heavy atom. The summed E-state index contributed by atoms with van der Waals surface area (Å²) in [5, 5.41) is 0. The smallest absolute Gasteiger partial charge is 0.322 e. The molecule has 1 aliphatic rings. The predicted octanol–water partition coefficient (Wildman–Crippen LogP) is 3.44. The van der Waals surface area contributed by atoms with Gasteiger partial charge in [0.05, 0.1) is 7.11 Å². The molecule has 3 heteroatoms. The number of hydrogen-bond acceptors (Lipinski definition) is 3. The lowest BCUT2D eigenvalue weighted by atomic mass is 9.84. The van der Waals surface area contributed by atoms with Crippen LogP contribution in [0.15, 0.2) is 29.2 Å². The molecule has 2 nitrogen and oxygen atoms in total. The molecule has 0 saturated heterocycles. The summed E-state index contributed by atoms with van der Waals surface area (Å²) in [7, 11) is 1.48. The summed E-state index contributed by atoms with van der Waals surface area (Å²) >= 11 is 1.66. The third kappa shape index (κ3) is 2.49. The standard InChI is InChI=1S/C14H18O2S/c1-3-11-5-7-12(8-6-11)17-14(9-4-10-14)13(15)16-2/h5-8H,3-4,9-10H2,1-2H3. The number of benzene rings is 1. The van der Waals surface area contributed by atoms with Crippen LogP contribution in [0.5, 0.6) is 0 Å². The number of carbonyl (C=O) groups is 1. The number of hydrogen-bond donors (Lipinski definition) is 0. The lowest BCUT2D eigenvalue weighted by molar-refractivity contribution is -0.145. The fourth-order valence-electron chi connectivity index (χ4n) is 2.05. The molecule has 0 bridgehead atoms. The number of ether oxygens (including phenoxy) is 1. The van der Waals surface area contributed by atoms with Gasteiger partial charge in [-0.15, -0.1) is 11.8 Å². The topological polar surface area (TPSA) is 26.3 Å². The molecular weight excluding hydrogens is 232 g/mol.